The summed E-state index contributed by atoms with van der Waals surface area (Å²) in [4.78, 5) is 37.1. The average molecular weight is 408 g/mol. The Hall–Kier alpha value is -1.67. The van der Waals surface area contributed by atoms with E-state index in [1.165, 1.54) is 23.0 Å². The lowest BCUT2D eigenvalue weighted by Gasteiger charge is -2.35. The van der Waals surface area contributed by atoms with E-state index in [1.807, 2.05) is 11.8 Å². The summed E-state index contributed by atoms with van der Waals surface area (Å²) in [6, 6.07) is 0.276. The summed E-state index contributed by atoms with van der Waals surface area (Å²) >= 11 is 2.96. The van der Waals surface area contributed by atoms with Gasteiger partial charge in [-0.15, -0.1) is 11.3 Å². The third-order valence-corrected chi connectivity index (χ3v) is 7.11. The van der Waals surface area contributed by atoms with Crippen molar-refractivity contribution in [1.82, 2.24) is 14.9 Å². The Morgan fingerprint density at radius 2 is 2.15 bits per heavy atom. The molecule has 3 heterocycles. The minimum Gasteiger partial charge on any atom is -0.455 e. The Morgan fingerprint density at radius 3 is 2.93 bits per heavy atom. The van der Waals surface area contributed by atoms with E-state index in [9.17, 15) is 9.59 Å². The monoisotopic (exact) mass is 407 g/mol. The van der Waals surface area contributed by atoms with Gasteiger partial charge in [-0.25, -0.2) is 9.97 Å². The summed E-state index contributed by atoms with van der Waals surface area (Å²) in [5.74, 6) is -0.353. The molecule has 0 saturated carbocycles. The molecule has 2 aromatic rings. The lowest BCUT2D eigenvalue weighted by atomic mass is 10.00. The predicted octanol–water partition coefficient (Wildman–Crippen LogP) is 3.73. The van der Waals surface area contributed by atoms with Crippen LogP contribution in [0.25, 0.3) is 10.2 Å². The van der Waals surface area contributed by atoms with Crippen molar-refractivity contribution in [2.45, 2.75) is 57.5 Å². The van der Waals surface area contributed by atoms with Crippen LogP contribution in [0.15, 0.2) is 11.4 Å². The second-order valence-corrected chi connectivity index (χ2v) is 8.90. The van der Waals surface area contributed by atoms with Gasteiger partial charge in [-0.2, -0.15) is 0 Å². The Labute approximate surface area is 167 Å². The Morgan fingerprint density at radius 1 is 1.33 bits per heavy atom. The van der Waals surface area contributed by atoms with Crippen molar-refractivity contribution in [2.75, 3.05) is 18.9 Å². The number of nitrogens with zero attached hydrogens (tertiary/aromatic N) is 3. The van der Waals surface area contributed by atoms with Crippen LogP contribution in [0.2, 0.25) is 0 Å². The maximum absolute atomic E-state index is 12.4. The number of ether oxygens (including phenoxy) is 1. The Kier molecular flexibility index (Phi) is 6.70. The molecule has 0 radical (unpaired) electrons. The van der Waals surface area contributed by atoms with Crippen LogP contribution in [0.3, 0.4) is 0 Å². The molecule has 1 aliphatic rings. The summed E-state index contributed by atoms with van der Waals surface area (Å²) in [7, 11) is 0. The highest BCUT2D eigenvalue weighted by atomic mass is 32.2. The van der Waals surface area contributed by atoms with E-state index in [-0.39, 0.29) is 24.3 Å². The van der Waals surface area contributed by atoms with Crippen LogP contribution < -0.4 is 0 Å². The molecule has 1 saturated heterocycles. The van der Waals surface area contributed by atoms with Crippen molar-refractivity contribution in [2.24, 2.45) is 0 Å². The van der Waals surface area contributed by atoms with Crippen molar-refractivity contribution in [3.63, 3.8) is 0 Å². The summed E-state index contributed by atoms with van der Waals surface area (Å²) < 4.78 is 5.23. The molecule has 0 bridgehead atoms. The van der Waals surface area contributed by atoms with Gasteiger partial charge in [0.15, 0.2) is 6.61 Å². The van der Waals surface area contributed by atoms with Crippen molar-refractivity contribution in [1.29, 1.82) is 0 Å². The number of carbonyl (C=O) groups is 2. The number of aromatic nitrogens is 2. The molecule has 0 spiro atoms. The van der Waals surface area contributed by atoms with Crippen LogP contribution in [0.1, 0.15) is 43.0 Å². The molecule has 8 heteroatoms. The first-order chi connectivity index (χ1) is 13.0. The average Bonchev–Trinajstić information content (AvgIpc) is 2.98. The largest absolute Gasteiger partial charge is 0.455 e. The van der Waals surface area contributed by atoms with Gasteiger partial charge in [0, 0.05) is 22.8 Å². The fourth-order valence-corrected chi connectivity index (χ4v) is 5.32. The number of esters is 1. The molecule has 2 aromatic heterocycles. The van der Waals surface area contributed by atoms with Crippen molar-refractivity contribution in [3.05, 3.63) is 16.8 Å². The summed E-state index contributed by atoms with van der Waals surface area (Å²) in [6.07, 6.45) is 5.69. The number of thiophene rings is 1. The lowest BCUT2D eigenvalue weighted by Crippen LogP contribution is -2.45. The third kappa shape index (κ3) is 4.60. The third-order valence-electron chi connectivity index (χ3n) is 5.03. The molecule has 0 N–H and O–H groups in total. The number of likely N-dealkylation sites (tertiary alicyclic amines) is 1. The molecule has 1 aliphatic heterocycles. The van der Waals surface area contributed by atoms with E-state index < -0.39 is 5.97 Å². The SMILES string of the molecule is CC[C@@H]1CCCCN1C(=O)COC(=O)CSc1ncnc2sc(C)c(C)c12. The van der Waals surface area contributed by atoms with E-state index in [2.05, 4.69) is 23.8 Å². The molecule has 0 aliphatic carbocycles. The standard InChI is InChI=1S/C19H25N3O3S2/c1-4-14-7-5-6-8-22(14)15(23)9-25-16(24)10-26-18-17-12(2)13(3)27-19(17)21-11-20-18/h11,14H,4-10H2,1-3H3/t14-/m1/s1. The number of carbonyl (C=O) groups excluding carboxylic acids is 2. The first-order valence-electron chi connectivity index (χ1n) is 9.29. The number of hydrogen-bond donors (Lipinski definition) is 0. The molecule has 27 heavy (non-hydrogen) atoms. The van der Waals surface area contributed by atoms with E-state index in [1.54, 1.807) is 11.3 Å². The van der Waals surface area contributed by atoms with Crippen LogP contribution in [0.4, 0.5) is 0 Å². The number of fused-ring (bicyclic) bond motifs is 1. The number of thioether (sulfide) groups is 1. The molecular weight excluding hydrogens is 382 g/mol. The highest BCUT2D eigenvalue weighted by molar-refractivity contribution is 8.00. The van der Waals surface area contributed by atoms with Gasteiger partial charge in [-0.3, -0.25) is 9.59 Å². The zero-order valence-corrected chi connectivity index (χ0v) is 17.6. The van der Waals surface area contributed by atoms with E-state index >= 15 is 0 Å². The van der Waals surface area contributed by atoms with Gasteiger partial charge >= 0.3 is 5.97 Å². The molecule has 0 aromatic carbocycles. The Balaban J connectivity index is 1.54. The minimum atomic E-state index is -0.394. The fraction of sp³-hybridized carbons (Fsp3) is 0.579. The maximum Gasteiger partial charge on any atom is 0.316 e. The van der Waals surface area contributed by atoms with Crippen molar-refractivity contribution < 1.29 is 14.3 Å². The van der Waals surface area contributed by atoms with Crippen LogP contribution in [-0.2, 0) is 14.3 Å². The van der Waals surface area contributed by atoms with Gasteiger partial charge in [0.1, 0.15) is 16.2 Å². The molecule has 1 amide bonds. The van der Waals surface area contributed by atoms with E-state index in [0.29, 0.717) is 0 Å². The number of rotatable bonds is 6. The first kappa shape index (κ1) is 20.1. The topological polar surface area (TPSA) is 72.4 Å². The highest BCUT2D eigenvalue weighted by Crippen LogP contribution is 2.34. The molecule has 3 rings (SSSR count). The number of aryl methyl sites for hydroxylation is 2. The zero-order valence-electron chi connectivity index (χ0n) is 16.0. The van der Waals surface area contributed by atoms with Crippen LogP contribution >= 0.6 is 23.1 Å². The van der Waals surface area contributed by atoms with Gasteiger partial charge in [-0.1, -0.05) is 18.7 Å². The highest BCUT2D eigenvalue weighted by Gasteiger charge is 2.26. The quantitative estimate of drug-likeness (QED) is 0.413. The number of piperidine rings is 1. The van der Waals surface area contributed by atoms with Gasteiger partial charge in [0.2, 0.25) is 0 Å². The van der Waals surface area contributed by atoms with Gasteiger partial charge in [0.25, 0.3) is 5.91 Å². The van der Waals surface area contributed by atoms with E-state index in [4.69, 9.17) is 4.74 Å². The van der Waals surface area contributed by atoms with Crippen molar-refractivity contribution >= 4 is 45.2 Å². The van der Waals surface area contributed by atoms with Crippen LogP contribution in [-0.4, -0.2) is 51.7 Å². The molecule has 0 unspecified atom stereocenters. The van der Waals surface area contributed by atoms with Crippen LogP contribution in [0, 0.1) is 13.8 Å². The summed E-state index contributed by atoms with van der Waals surface area (Å²) in [5.41, 5.74) is 1.15. The molecule has 1 fully saturated rings. The maximum atomic E-state index is 12.4. The minimum absolute atomic E-state index is 0.0892. The first-order valence-corrected chi connectivity index (χ1v) is 11.1. The van der Waals surface area contributed by atoms with Gasteiger partial charge in [0.05, 0.1) is 5.75 Å². The zero-order chi connectivity index (χ0) is 19.4. The predicted molar refractivity (Wildman–Crippen MR) is 108 cm³/mol. The lowest BCUT2D eigenvalue weighted by molar-refractivity contribution is -0.151. The smallest absolute Gasteiger partial charge is 0.316 e. The second kappa shape index (κ2) is 9.01. The van der Waals surface area contributed by atoms with Gasteiger partial charge < -0.3 is 9.64 Å². The van der Waals surface area contributed by atoms with Crippen LogP contribution in [0.5, 0.6) is 0 Å². The molecule has 1 atom stereocenters. The number of hydrogen-bond acceptors (Lipinski definition) is 7. The fourth-order valence-electron chi connectivity index (χ4n) is 3.41. The molecule has 146 valence electrons. The normalized spacial score (nSPS) is 17.3. The Bertz CT molecular complexity index is 837. The number of amides is 1. The second-order valence-electron chi connectivity index (χ2n) is 6.74. The molecular formula is C19H25N3O3S2. The summed E-state index contributed by atoms with van der Waals surface area (Å²) in [5, 5.41) is 1.79. The van der Waals surface area contributed by atoms with E-state index in [0.717, 1.165) is 53.0 Å². The van der Waals surface area contributed by atoms with Gasteiger partial charge in [-0.05, 0) is 45.1 Å². The van der Waals surface area contributed by atoms with Crippen molar-refractivity contribution in [3.8, 4) is 0 Å². The summed E-state index contributed by atoms with van der Waals surface area (Å²) in [6.45, 7) is 6.78. The molecule has 6 nitrogen and oxygen atoms in total.